The quantitative estimate of drug-likeness (QED) is 0.526. The van der Waals surface area contributed by atoms with Crippen LogP contribution in [0.1, 0.15) is 46.0 Å². The number of halogens is 1. The summed E-state index contributed by atoms with van der Waals surface area (Å²) in [6.07, 6.45) is 4.80. The van der Waals surface area contributed by atoms with Gasteiger partial charge in [0, 0.05) is 31.4 Å². The Labute approximate surface area is 116 Å². The molecule has 4 heteroatoms. The topological polar surface area (TPSA) is 23.6 Å². The van der Waals surface area contributed by atoms with Crippen molar-refractivity contribution < 1.29 is 4.79 Å². The Kier molecular flexibility index (Phi) is 7.68. The Morgan fingerprint density at radius 2 is 1.83 bits per heavy atom. The highest BCUT2D eigenvalue weighted by molar-refractivity contribution is 6.17. The van der Waals surface area contributed by atoms with Gasteiger partial charge in [-0.2, -0.15) is 0 Å². The zero-order chi connectivity index (χ0) is 13.4. The molecule has 0 spiro atoms. The lowest BCUT2D eigenvalue weighted by Gasteiger charge is -2.37. The smallest absolute Gasteiger partial charge is 0.222 e. The number of amides is 1. The van der Waals surface area contributed by atoms with Gasteiger partial charge in [0.1, 0.15) is 0 Å². The first-order chi connectivity index (χ1) is 8.72. The van der Waals surface area contributed by atoms with E-state index >= 15 is 0 Å². The molecule has 1 rings (SSSR count). The van der Waals surface area contributed by atoms with Crippen molar-refractivity contribution in [3.05, 3.63) is 0 Å². The zero-order valence-electron chi connectivity index (χ0n) is 11.8. The van der Waals surface area contributed by atoms with Crippen LogP contribution in [0.15, 0.2) is 0 Å². The fourth-order valence-corrected chi connectivity index (χ4v) is 2.94. The molecule has 0 N–H and O–H groups in total. The lowest BCUT2D eigenvalue weighted by Crippen LogP contribution is -2.46. The van der Waals surface area contributed by atoms with Crippen LogP contribution in [-0.4, -0.2) is 53.8 Å². The largest absolute Gasteiger partial charge is 0.343 e. The molecule has 0 aromatic rings. The SMILES string of the molecule is CCN(CC)C1CCN(C(=O)CCCCCl)CC1. The molecule has 0 radical (unpaired) electrons. The summed E-state index contributed by atoms with van der Waals surface area (Å²) in [6, 6.07) is 0.673. The number of carbonyl (C=O) groups excluding carboxylic acids is 1. The maximum Gasteiger partial charge on any atom is 0.222 e. The minimum absolute atomic E-state index is 0.318. The third kappa shape index (κ3) is 4.77. The Morgan fingerprint density at radius 1 is 1.22 bits per heavy atom. The van der Waals surface area contributed by atoms with Gasteiger partial charge >= 0.3 is 0 Å². The van der Waals surface area contributed by atoms with Crippen LogP contribution in [0.25, 0.3) is 0 Å². The molecule has 0 unspecified atom stereocenters. The number of alkyl halides is 1. The van der Waals surface area contributed by atoms with Gasteiger partial charge in [-0.15, -0.1) is 11.6 Å². The van der Waals surface area contributed by atoms with Crippen LogP contribution in [0.4, 0.5) is 0 Å². The van der Waals surface area contributed by atoms with Gasteiger partial charge < -0.3 is 9.80 Å². The van der Waals surface area contributed by atoms with E-state index in [1.165, 1.54) is 0 Å². The summed E-state index contributed by atoms with van der Waals surface area (Å²) in [4.78, 5) is 16.5. The molecule has 106 valence electrons. The van der Waals surface area contributed by atoms with Gasteiger partial charge in [-0.1, -0.05) is 13.8 Å². The summed E-state index contributed by atoms with van der Waals surface area (Å²) in [5.74, 6) is 0.982. The Bertz CT molecular complexity index is 236. The van der Waals surface area contributed by atoms with Gasteiger partial charge in [0.25, 0.3) is 0 Å². The van der Waals surface area contributed by atoms with Crippen molar-refractivity contribution in [2.24, 2.45) is 0 Å². The van der Waals surface area contributed by atoms with Crippen molar-refractivity contribution in [2.75, 3.05) is 32.1 Å². The molecular weight excluding hydrogens is 248 g/mol. The lowest BCUT2D eigenvalue weighted by atomic mass is 10.0. The molecule has 18 heavy (non-hydrogen) atoms. The summed E-state index contributed by atoms with van der Waals surface area (Å²) >= 11 is 5.63. The summed E-state index contributed by atoms with van der Waals surface area (Å²) in [7, 11) is 0. The number of unbranched alkanes of at least 4 members (excludes halogenated alkanes) is 1. The van der Waals surface area contributed by atoms with Crippen LogP contribution in [-0.2, 0) is 4.79 Å². The van der Waals surface area contributed by atoms with Crippen LogP contribution >= 0.6 is 11.6 Å². The van der Waals surface area contributed by atoms with E-state index in [4.69, 9.17) is 11.6 Å². The Hall–Kier alpha value is -0.280. The molecule has 1 saturated heterocycles. The molecule has 0 atom stereocenters. The normalized spacial score (nSPS) is 17.4. The molecule has 1 amide bonds. The maximum atomic E-state index is 12.0. The monoisotopic (exact) mass is 274 g/mol. The van der Waals surface area contributed by atoms with Crippen molar-refractivity contribution in [3.63, 3.8) is 0 Å². The second kappa shape index (κ2) is 8.76. The molecule has 0 aromatic carbocycles. The second-order valence-electron chi connectivity index (χ2n) is 4.98. The van der Waals surface area contributed by atoms with Gasteiger partial charge in [-0.3, -0.25) is 4.79 Å². The van der Waals surface area contributed by atoms with E-state index in [-0.39, 0.29) is 0 Å². The lowest BCUT2D eigenvalue weighted by molar-refractivity contribution is -0.132. The molecule has 0 aliphatic carbocycles. The second-order valence-corrected chi connectivity index (χ2v) is 5.36. The summed E-state index contributed by atoms with van der Waals surface area (Å²) < 4.78 is 0. The first-order valence-corrected chi connectivity index (χ1v) is 7.84. The maximum absolute atomic E-state index is 12.0. The van der Waals surface area contributed by atoms with Gasteiger partial charge in [0.2, 0.25) is 5.91 Å². The van der Waals surface area contributed by atoms with Crippen molar-refractivity contribution >= 4 is 17.5 Å². The molecule has 0 saturated carbocycles. The average molecular weight is 275 g/mol. The van der Waals surface area contributed by atoms with Gasteiger partial charge in [0.15, 0.2) is 0 Å². The van der Waals surface area contributed by atoms with Crippen molar-refractivity contribution in [3.8, 4) is 0 Å². The number of carbonyl (C=O) groups is 1. The molecule has 0 bridgehead atoms. The van der Waals surface area contributed by atoms with E-state index in [1.54, 1.807) is 0 Å². The van der Waals surface area contributed by atoms with Crippen LogP contribution in [0.3, 0.4) is 0 Å². The highest BCUT2D eigenvalue weighted by atomic mass is 35.5. The number of piperidine rings is 1. The zero-order valence-corrected chi connectivity index (χ0v) is 12.6. The predicted molar refractivity (Wildman–Crippen MR) is 77.1 cm³/mol. The first kappa shape index (κ1) is 15.8. The fraction of sp³-hybridized carbons (Fsp3) is 0.929. The summed E-state index contributed by atoms with van der Waals surface area (Å²) in [6.45, 7) is 8.53. The van der Waals surface area contributed by atoms with Crippen molar-refractivity contribution in [1.29, 1.82) is 0 Å². The highest BCUT2D eigenvalue weighted by Crippen LogP contribution is 2.17. The predicted octanol–water partition coefficient (Wildman–Crippen LogP) is 2.73. The van der Waals surface area contributed by atoms with Gasteiger partial charge in [-0.25, -0.2) is 0 Å². The van der Waals surface area contributed by atoms with E-state index in [1.807, 2.05) is 4.90 Å². The number of hydrogen-bond donors (Lipinski definition) is 0. The van der Waals surface area contributed by atoms with Crippen LogP contribution < -0.4 is 0 Å². The molecule has 0 aromatic heterocycles. The van der Waals surface area contributed by atoms with Crippen LogP contribution in [0, 0.1) is 0 Å². The summed E-state index contributed by atoms with van der Waals surface area (Å²) in [5.41, 5.74) is 0. The Balaban J connectivity index is 2.27. The summed E-state index contributed by atoms with van der Waals surface area (Å²) in [5, 5.41) is 0. The average Bonchev–Trinajstić information content (AvgIpc) is 2.41. The molecular formula is C14H27ClN2O. The fourth-order valence-electron chi connectivity index (χ4n) is 2.75. The first-order valence-electron chi connectivity index (χ1n) is 7.30. The molecule has 1 heterocycles. The van der Waals surface area contributed by atoms with Crippen molar-refractivity contribution in [2.45, 2.75) is 52.0 Å². The van der Waals surface area contributed by atoms with Crippen LogP contribution in [0.5, 0.6) is 0 Å². The Morgan fingerprint density at radius 3 is 2.33 bits per heavy atom. The van der Waals surface area contributed by atoms with E-state index < -0.39 is 0 Å². The molecule has 1 aliphatic heterocycles. The van der Waals surface area contributed by atoms with E-state index in [9.17, 15) is 4.79 Å². The van der Waals surface area contributed by atoms with Crippen molar-refractivity contribution in [1.82, 2.24) is 9.80 Å². The number of rotatable bonds is 7. The van der Waals surface area contributed by atoms with Crippen LogP contribution in [0.2, 0.25) is 0 Å². The standard InChI is InChI=1S/C14H27ClN2O/c1-3-16(4-2)13-8-11-17(12-9-13)14(18)7-5-6-10-15/h13H,3-12H2,1-2H3. The van der Waals surface area contributed by atoms with Gasteiger partial charge in [-0.05, 0) is 38.8 Å². The minimum Gasteiger partial charge on any atom is -0.343 e. The number of hydrogen-bond acceptors (Lipinski definition) is 2. The molecule has 1 fully saturated rings. The van der Waals surface area contributed by atoms with Gasteiger partial charge in [0.05, 0.1) is 0 Å². The third-order valence-corrected chi connectivity index (χ3v) is 4.19. The van der Waals surface area contributed by atoms with E-state index in [2.05, 4.69) is 18.7 Å². The van der Waals surface area contributed by atoms with E-state index in [0.29, 0.717) is 24.2 Å². The number of likely N-dealkylation sites (tertiary alicyclic amines) is 1. The third-order valence-electron chi connectivity index (χ3n) is 3.92. The molecule has 3 nitrogen and oxygen atoms in total. The number of nitrogens with zero attached hydrogens (tertiary/aromatic N) is 2. The molecule has 1 aliphatic rings. The minimum atomic E-state index is 0.318. The van der Waals surface area contributed by atoms with E-state index in [0.717, 1.165) is 51.9 Å². The highest BCUT2D eigenvalue weighted by Gasteiger charge is 2.24.